The van der Waals surface area contributed by atoms with Crippen molar-refractivity contribution in [1.82, 2.24) is 4.72 Å². The molecule has 0 saturated carbocycles. The molecule has 2 aromatic carbocycles. The van der Waals surface area contributed by atoms with Crippen molar-refractivity contribution in [2.24, 2.45) is 0 Å². The first-order chi connectivity index (χ1) is 13.2. The van der Waals surface area contributed by atoms with Crippen molar-refractivity contribution in [1.29, 1.82) is 0 Å². The van der Waals surface area contributed by atoms with Gasteiger partial charge in [0.05, 0.1) is 11.6 Å². The zero-order valence-corrected chi connectivity index (χ0v) is 17.1. The monoisotopic (exact) mass is 422 g/mol. The van der Waals surface area contributed by atoms with Crippen molar-refractivity contribution in [3.8, 4) is 5.75 Å². The number of fused-ring (bicyclic) bond motifs is 1. The highest BCUT2D eigenvalue weighted by Crippen LogP contribution is 2.32. The largest absolute Gasteiger partial charge is 0.491 e. The van der Waals surface area contributed by atoms with E-state index in [1.807, 2.05) is 29.8 Å². The van der Waals surface area contributed by atoms with Gasteiger partial charge in [0.1, 0.15) is 10.5 Å². The molecule has 3 aromatic rings. The summed E-state index contributed by atoms with van der Waals surface area (Å²) in [7, 11) is -0.459. The Labute approximate surface area is 167 Å². The quantitative estimate of drug-likeness (QED) is 0.652. The Kier molecular flexibility index (Phi) is 5.53. The van der Waals surface area contributed by atoms with Gasteiger partial charge in [-0.1, -0.05) is 17.7 Å². The Morgan fingerprint density at radius 3 is 2.64 bits per heavy atom. The third kappa shape index (κ3) is 3.93. The van der Waals surface area contributed by atoms with Crippen LogP contribution in [-0.2, 0) is 10.0 Å². The van der Waals surface area contributed by atoms with Gasteiger partial charge in [-0.15, -0.1) is 0 Å². The van der Waals surface area contributed by atoms with Crippen LogP contribution in [0.2, 0.25) is 5.02 Å². The van der Waals surface area contributed by atoms with Crippen LogP contribution in [0, 0.1) is 0 Å². The van der Waals surface area contributed by atoms with Crippen LogP contribution < -0.4 is 14.4 Å². The molecule has 1 N–H and O–H groups in total. The summed E-state index contributed by atoms with van der Waals surface area (Å²) < 4.78 is 38.3. The molecule has 0 saturated heterocycles. The van der Waals surface area contributed by atoms with Gasteiger partial charge in [-0.3, -0.25) is 4.79 Å². The van der Waals surface area contributed by atoms with E-state index in [4.69, 9.17) is 20.8 Å². The molecule has 1 aromatic heterocycles. The van der Waals surface area contributed by atoms with Crippen LogP contribution in [0.5, 0.6) is 5.75 Å². The molecule has 0 fully saturated rings. The first kappa shape index (κ1) is 20.0. The molecule has 1 amide bonds. The Bertz CT molecular complexity index is 1140. The number of ether oxygens (including phenoxy) is 1. The molecule has 0 aliphatic carbocycles. The van der Waals surface area contributed by atoms with E-state index >= 15 is 0 Å². The van der Waals surface area contributed by atoms with E-state index in [0.717, 1.165) is 5.69 Å². The number of hydrogen-bond acceptors (Lipinski definition) is 6. The Balaban J connectivity index is 1.92. The summed E-state index contributed by atoms with van der Waals surface area (Å²) in [5, 5.41) is 0.822. The summed E-state index contributed by atoms with van der Waals surface area (Å²) in [4.78, 5) is 14.2. The third-order valence-electron chi connectivity index (χ3n) is 3.98. The molecule has 3 rings (SSSR count). The Morgan fingerprint density at radius 1 is 1.21 bits per heavy atom. The molecular formula is C19H19ClN2O5S. The van der Waals surface area contributed by atoms with E-state index in [-0.39, 0.29) is 28.0 Å². The summed E-state index contributed by atoms with van der Waals surface area (Å²) in [6, 6.07) is 11.2. The lowest BCUT2D eigenvalue weighted by Gasteiger charge is -2.12. The molecule has 1 heterocycles. The number of para-hydroxylation sites is 1. The summed E-state index contributed by atoms with van der Waals surface area (Å²) >= 11 is 6.04. The minimum Gasteiger partial charge on any atom is -0.491 e. The molecule has 9 heteroatoms. The van der Waals surface area contributed by atoms with E-state index in [0.29, 0.717) is 11.0 Å². The van der Waals surface area contributed by atoms with Crippen LogP contribution in [0.25, 0.3) is 11.0 Å². The van der Waals surface area contributed by atoms with Crippen LogP contribution in [-0.4, -0.2) is 35.0 Å². The number of anilines is 1. The SMILES string of the molecule is CCOc1c(Cl)cccc1S(=O)(=O)NC(=O)c1cc2ccc(N(C)C)cc2o1. The van der Waals surface area contributed by atoms with Crippen LogP contribution in [0.1, 0.15) is 17.5 Å². The number of nitrogens with one attached hydrogen (secondary N) is 1. The minimum absolute atomic E-state index is 0.00722. The summed E-state index contributed by atoms with van der Waals surface area (Å²) in [5.41, 5.74) is 1.37. The first-order valence-electron chi connectivity index (χ1n) is 8.42. The standard InChI is InChI=1S/C19H19ClN2O5S/c1-4-26-18-14(20)6-5-7-17(18)28(24,25)21-19(23)16-10-12-8-9-13(22(2)3)11-15(12)27-16/h5-11H,4H2,1-3H3,(H,21,23). The smallest absolute Gasteiger partial charge is 0.300 e. The fraction of sp³-hybridized carbons (Fsp3) is 0.211. The lowest BCUT2D eigenvalue weighted by Crippen LogP contribution is -2.30. The predicted molar refractivity (Wildman–Crippen MR) is 108 cm³/mol. The summed E-state index contributed by atoms with van der Waals surface area (Å²) in [6.45, 7) is 1.92. The Morgan fingerprint density at radius 2 is 1.96 bits per heavy atom. The highest BCUT2D eigenvalue weighted by molar-refractivity contribution is 7.90. The molecular weight excluding hydrogens is 404 g/mol. The zero-order chi connectivity index (χ0) is 20.5. The van der Waals surface area contributed by atoms with Gasteiger partial charge in [0, 0.05) is 31.2 Å². The molecule has 0 bridgehead atoms. The van der Waals surface area contributed by atoms with Crippen LogP contribution in [0.3, 0.4) is 0 Å². The van der Waals surface area contributed by atoms with E-state index in [9.17, 15) is 13.2 Å². The molecule has 7 nitrogen and oxygen atoms in total. The van der Waals surface area contributed by atoms with Gasteiger partial charge >= 0.3 is 5.91 Å². The van der Waals surface area contributed by atoms with Crippen molar-refractivity contribution in [2.45, 2.75) is 11.8 Å². The van der Waals surface area contributed by atoms with Gasteiger partial charge < -0.3 is 14.1 Å². The highest BCUT2D eigenvalue weighted by atomic mass is 35.5. The van der Waals surface area contributed by atoms with E-state index in [1.54, 1.807) is 19.1 Å². The molecule has 28 heavy (non-hydrogen) atoms. The van der Waals surface area contributed by atoms with Gasteiger partial charge in [-0.05, 0) is 37.3 Å². The second kappa shape index (κ2) is 7.73. The van der Waals surface area contributed by atoms with Crippen LogP contribution >= 0.6 is 11.6 Å². The fourth-order valence-electron chi connectivity index (χ4n) is 2.62. The van der Waals surface area contributed by atoms with Gasteiger partial charge in [-0.2, -0.15) is 0 Å². The summed E-state index contributed by atoms with van der Waals surface area (Å²) in [6.07, 6.45) is 0. The van der Waals surface area contributed by atoms with Crippen molar-refractivity contribution in [3.63, 3.8) is 0 Å². The summed E-state index contributed by atoms with van der Waals surface area (Å²) in [5.74, 6) is -1.01. The number of amides is 1. The molecule has 0 aliphatic rings. The van der Waals surface area contributed by atoms with Crippen molar-refractivity contribution in [2.75, 3.05) is 25.6 Å². The van der Waals surface area contributed by atoms with Gasteiger partial charge in [0.25, 0.3) is 10.0 Å². The maximum Gasteiger partial charge on any atom is 0.300 e. The molecule has 148 valence electrons. The predicted octanol–water partition coefficient (Wildman–Crippen LogP) is 3.67. The number of rotatable bonds is 6. The number of carbonyl (C=O) groups is 1. The molecule has 0 unspecified atom stereocenters. The first-order valence-corrected chi connectivity index (χ1v) is 10.3. The zero-order valence-electron chi connectivity index (χ0n) is 15.5. The van der Waals surface area contributed by atoms with Gasteiger partial charge in [-0.25, -0.2) is 13.1 Å². The topological polar surface area (TPSA) is 88.8 Å². The van der Waals surface area contributed by atoms with Gasteiger partial charge in [0.2, 0.25) is 0 Å². The van der Waals surface area contributed by atoms with Crippen LogP contribution in [0.15, 0.2) is 51.8 Å². The second-order valence-corrected chi connectivity index (χ2v) is 8.22. The molecule has 0 radical (unpaired) electrons. The number of benzene rings is 2. The van der Waals surface area contributed by atoms with Crippen molar-refractivity contribution in [3.05, 3.63) is 53.2 Å². The number of furan rings is 1. The normalized spacial score (nSPS) is 11.4. The van der Waals surface area contributed by atoms with E-state index in [2.05, 4.69) is 0 Å². The number of sulfonamides is 1. The highest BCUT2D eigenvalue weighted by Gasteiger charge is 2.26. The van der Waals surface area contributed by atoms with Crippen LogP contribution in [0.4, 0.5) is 5.69 Å². The number of nitrogens with zero attached hydrogens (tertiary/aromatic N) is 1. The maximum atomic E-state index is 12.7. The number of hydrogen-bond donors (Lipinski definition) is 1. The second-order valence-electron chi connectivity index (χ2n) is 6.16. The fourth-order valence-corrected chi connectivity index (χ4v) is 4.03. The Hall–Kier alpha value is -2.71. The van der Waals surface area contributed by atoms with Gasteiger partial charge in [0.15, 0.2) is 11.5 Å². The molecule has 0 atom stereocenters. The average Bonchev–Trinajstić information content (AvgIpc) is 3.06. The molecule has 0 aliphatic heterocycles. The number of carbonyl (C=O) groups excluding carboxylic acids is 1. The maximum absolute atomic E-state index is 12.7. The van der Waals surface area contributed by atoms with E-state index < -0.39 is 15.9 Å². The average molecular weight is 423 g/mol. The van der Waals surface area contributed by atoms with E-state index in [1.165, 1.54) is 24.3 Å². The third-order valence-corrected chi connectivity index (χ3v) is 5.63. The van der Waals surface area contributed by atoms with Crippen molar-refractivity contribution >= 4 is 44.2 Å². The molecule has 0 spiro atoms. The minimum atomic E-state index is -4.22. The lowest BCUT2D eigenvalue weighted by atomic mass is 10.2. The van der Waals surface area contributed by atoms with Crippen molar-refractivity contribution < 1.29 is 22.4 Å². The number of halogens is 1. The lowest BCUT2D eigenvalue weighted by molar-refractivity contribution is 0.0956.